The third kappa shape index (κ3) is 6.12. The van der Waals surface area contributed by atoms with Gasteiger partial charge in [0, 0.05) is 24.0 Å². The number of amides is 2. The first kappa shape index (κ1) is 21.0. The Kier molecular flexibility index (Phi) is 7.56. The van der Waals surface area contributed by atoms with E-state index in [-0.39, 0.29) is 24.7 Å². The first-order valence-corrected chi connectivity index (χ1v) is 8.93. The zero-order valence-electron chi connectivity index (χ0n) is 16.2. The second-order valence-corrected chi connectivity index (χ2v) is 6.32. The van der Waals surface area contributed by atoms with E-state index in [2.05, 4.69) is 10.9 Å². The highest BCUT2D eigenvalue weighted by Gasteiger charge is 2.14. The third-order valence-corrected chi connectivity index (χ3v) is 3.78. The third-order valence-electron chi connectivity index (χ3n) is 3.78. The van der Waals surface area contributed by atoms with Gasteiger partial charge in [-0.25, -0.2) is 0 Å². The molecular formula is C21H24N2O5. The minimum atomic E-state index is -0.503. The van der Waals surface area contributed by atoms with Crippen LogP contribution in [-0.2, 0) is 4.79 Å². The number of hydrogen-bond donors (Lipinski definition) is 2. The molecule has 0 saturated heterocycles. The Balaban J connectivity index is 1.86. The molecule has 0 heterocycles. The lowest BCUT2D eigenvalue weighted by atomic mass is 10.1. The highest BCUT2D eigenvalue weighted by molar-refractivity contribution is 5.99. The number of nitrogens with one attached hydrogen (secondary N) is 2. The number of ketones is 1. The Morgan fingerprint density at radius 3 is 2.25 bits per heavy atom. The van der Waals surface area contributed by atoms with Crippen molar-refractivity contribution in [3.8, 4) is 11.5 Å². The van der Waals surface area contributed by atoms with Crippen molar-refractivity contribution in [2.75, 3.05) is 7.11 Å². The van der Waals surface area contributed by atoms with E-state index in [1.54, 1.807) is 36.4 Å². The fraction of sp³-hybridized carbons (Fsp3) is 0.286. The van der Waals surface area contributed by atoms with Gasteiger partial charge < -0.3 is 9.47 Å². The minimum absolute atomic E-state index is 0.0293. The van der Waals surface area contributed by atoms with E-state index in [4.69, 9.17) is 9.47 Å². The lowest BCUT2D eigenvalue weighted by molar-refractivity contribution is -0.121. The summed E-state index contributed by atoms with van der Waals surface area (Å²) in [5.74, 6) is -0.146. The van der Waals surface area contributed by atoms with E-state index < -0.39 is 11.8 Å². The van der Waals surface area contributed by atoms with Crippen LogP contribution in [0.3, 0.4) is 0 Å². The Morgan fingerprint density at radius 1 is 0.893 bits per heavy atom. The molecule has 148 valence electrons. The minimum Gasteiger partial charge on any atom is -0.493 e. The van der Waals surface area contributed by atoms with Crippen molar-refractivity contribution >= 4 is 17.6 Å². The summed E-state index contributed by atoms with van der Waals surface area (Å²) in [5, 5.41) is 0. The summed E-state index contributed by atoms with van der Waals surface area (Å²) in [4.78, 5) is 36.1. The molecule has 2 aromatic carbocycles. The van der Waals surface area contributed by atoms with Gasteiger partial charge in [0.2, 0.25) is 5.91 Å². The molecule has 2 N–H and O–H groups in total. The zero-order chi connectivity index (χ0) is 20.5. The van der Waals surface area contributed by atoms with Crippen LogP contribution in [0, 0.1) is 0 Å². The summed E-state index contributed by atoms with van der Waals surface area (Å²) in [6, 6.07) is 13.5. The largest absolute Gasteiger partial charge is 0.493 e. The average molecular weight is 384 g/mol. The standard InChI is InChI=1S/C21H24N2O5/c1-14(2)28-18-11-9-16(13-19(18)27-3)21(26)23-22-20(25)12-10-17(24)15-7-5-4-6-8-15/h4-9,11,13-14H,10,12H2,1-3H3,(H,22,25)(H,23,26). The second kappa shape index (κ2) is 10.1. The van der Waals surface area contributed by atoms with Crippen molar-refractivity contribution in [2.45, 2.75) is 32.8 Å². The van der Waals surface area contributed by atoms with Crippen molar-refractivity contribution in [3.63, 3.8) is 0 Å². The first-order chi connectivity index (χ1) is 13.4. The van der Waals surface area contributed by atoms with Gasteiger partial charge in [-0.05, 0) is 32.0 Å². The van der Waals surface area contributed by atoms with Crippen LogP contribution in [-0.4, -0.2) is 30.8 Å². The van der Waals surface area contributed by atoms with Crippen LogP contribution >= 0.6 is 0 Å². The summed E-state index contributed by atoms with van der Waals surface area (Å²) >= 11 is 0. The summed E-state index contributed by atoms with van der Waals surface area (Å²) in [5.41, 5.74) is 5.49. The maximum Gasteiger partial charge on any atom is 0.269 e. The second-order valence-electron chi connectivity index (χ2n) is 6.32. The SMILES string of the molecule is COc1cc(C(=O)NNC(=O)CCC(=O)c2ccccc2)ccc1OC(C)C. The highest BCUT2D eigenvalue weighted by Crippen LogP contribution is 2.28. The number of rotatable bonds is 8. The predicted octanol–water partition coefficient (Wildman–Crippen LogP) is 2.91. The molecule has 0 unspecified atom stereocenters. The number of benzene rings is 2. The van der Waals surface area contributed by atoms with Crippen molar-refractivity contribution in [1.29, 1.82) is 0 Å². The van der Waals surface area contributed by atoms with Gasteiger partial charge in [0.15, 0.2) is 17.3 Å². The quantitative estimate of drug-likeness (QED) is 0.539. The molecule has 0 spiro atoms. The van der Waals surface area contributed by atoms with Crippen molar-refractivity contribution in [1.82, 2.24) is 10.9 Å². The Bertz CT molecular complexity index is 834. The van der Waals surface area contributed by atoms with E-state index in [1.165, 1.54) is 13.2 Å². The highest BCUT2D eigenvalue weighted by atomic mass is 16.5. The monoisotopic (exact) mass is 384 g/mol. The van der Waals surface area contributed by atoms with Crippen LogP contribution in [0.25, 0.3) is 0 Å². The van der Waals surface area contributed by atoms with Gasteiger partial charge in [-0.2, -0.15) is 0 Å². The fourth-order valence-electron chi connectivity index (χ4n) is 2.42. The molecule has 2 amide bonds. The summed E-state index contributed by atoms with van der Waals surface area (Å²) in [6.07, 6.45) is -0.00863. The van der Waals surface area contributed by atoms with E-state index in [0.717, 1.165) is 0 Å². The number of carbonyl (C=O) groups is 3. The van der Waals surface area contributed by atoms with E-state index in [1.807, 2.05) is 19.9 Å². The molecular weight excluding hydrogens is 360 g/mol. The van der Waals surface area contributed by atoms with E-state index in [0.29, 0.717) is 22.6 Å². The van der Waals surface area contributed by atoms with Gasteiger partial charge >= 0.3 is 0 Å². The van der Waals surface area contributed by atoms with Gasteiger partial charge in [0.25, 0.3) is 5.91 Å². The maximum absolute atomic E-state index is 12.2. The molecule has 7 nitrogen and oxygen atoms in total. The lowest BCUT2D eigenvalue weighted by Crippen LogP contribution is -2.41. The summed E-state index contributed by atoms with van der Waals surface area (Å²) in [7, 11) is 1.48. The van der Waals surface area contributed by atoms with Crippen molar-refractivity contribution in [2.24, 2.45) is 0 Å². The normalized spacial score (nSPS) is 10.3. The molecule has 0 fully saturated rings. The van der Waals surface area contributed by atoms with E-state index in [9.17, 15) is 14.4 Å². The number of methoxy groups -OCH3 is 1. The number of hydrazine groups is 1. The predicted molar refractivity (Wildman–Crippen MR) is 104 cm³/mol. The van der Waals surface area contributed by atoms with E-state index >= 15 is 0 Å². The van der Waals surface area contributed by atoms with Gasteiger partial charge in [-0.15, -0.1) is 0 Å². The molecule has 0 aliphatic heterocycles. The Hall–Kier alpha value is -3.35. The van der Waals surface area contributed by atoms with Crippen LogP contribution in [0.2, 0.25) is 0 Å². The summed E-state index contributed by atoms with van der Waals surface area (Å²) < 4.78 is 10.8. The van der Waals surface area contributed by atoms with Crippen molar-refractivity contribution < 1.29 is 23.9 Å². The fourth-order valence-corrected chi connectivity index (χ4v) is 2.42. The smallest absolute Gasteiger partial charge is 0.269 e. The first-order valence-electron chi connectivity index (χ1n) is 8.93. The molecule has 0 aliphatic rings. The molecule has 0 saturated carbocycles. The number of Topliss-reactive ketones (excluding diaryl/α,β-unsaturated/α-hetero) is 1. The summed E-state index contributed by atoms with van der Waals surface area (Å²) in [6.45, 7) is 3.77. The van der Waals surface area contributed by atoms with Crippen LogP contribution in [0.4, 0.5) is 0 Å². The van der Waals surface area contributed by atoms with Crippen LogP contribution in [0.15, 0.2) is 48.5 Å². The number of hydrogen-bond acceptors (Lipinski definition) is 5. The van der Waals surface area contributed by atoms with Gasteiger partial charge in [-0.1, -0.05) is 30.3 Å². The molecule has 0 aliphatic carbocycles. The molecule has 0 radical (unpaired) electrons. The molecule has 2 aromatic rings. The van der Waals surface area contributed by atoms with Gasteiger partial charge in [0.1, 0.15) is 0 Å². The Labute approximate surface area is 164 Å². The molecule has 0 bridgehead atoms. The molecule has 28 heavy (non-hydrogen) atoms. The lowest BCUT2D eigenvalue weighted by Gasteiger charge is -2.14. The van der Waals surface area contributed by atoms with Crippen LogP contribution in [0.1, 0.15) is 47.4 Å². The van der Waals surface area contributed by atoms with Gasteiger partial charge in [-0.3, -0.25) is 25.2 Å². The van der Waals surface area contributed by atoms with Crippen LogP contribution < -0.4 is 20.3 Å². The maximum atomic E-state index is 12.2. The van der Waals surface area contributed by atoms with Crippen molar-refractivity contribution in [3.05, 3.63) is 59.7 Å². The molecule has 7 heteroatoms. The molecule has 0 atom stereocenters. The zero-order valence-corrected chi connectivity index (χ0v) is 16.2. The van der Waals surface area contributed by atoms with Gasteiger partial charge in [0.05, 0.1) is 13.2 Å². The van der Waals surface area contributed by atoms with Crippen LogP contribution in [0.5, 0.6) is 11.5 Å². The Morgan fingerprint density at radius 2 is 1.61 bits per heavy atom. The average Bonchev–Trinajstić information content (AvgIpc) is 2.70. The molecule has 0 aromatic heterocycles. The number of ether oxygens (including phenoxy) is 2. The molecule has 2 rings (SSSR count). The number of carbonyl (C=O) groups excluding carboxylic acids is 3. The topological polar surface area (TPSA) is 93.7 Å².